The number of rotatable bonds is 3. The van der Waals surface area contributed by atoms with E-state index >= 15 is 0 Å². The lowest BCUT2D eigenvalue weighted by Crippen LogP contribution is -2.50. The van der Waals surface area contributed by atoms with Crippen molar-refractivity contribution in [2.75, 3.05) is 19.6 Å². The van der Waals surface area contributed by atoms with Gasteiger partial charge in [-0.25, -0.2) is 4.98 Å². The average Bonchev–Trinajstić information content (AvgIpc) is 3.55. The number of nitrogens with one attached hydrogen (secondary N) is 2. The molecule has 3 aliphatic rings. The Labute approximate surface area is 203 Å². The van der Waals surface area contributed by atoms with Gasteiger partial charge in [-0.1, -0.05) is 53.2 Å². The standard InChI is InChI=1S/C25H28ClN7O/c26-22-9-8-18-20(28-22)7-4-11-25(18)15-27-14-19(25)24(34)33-12-10-17(16-5-2-1-3-6-16)13-21(33)23-29-31-32-30-23/h1-3,5-6,8-9,17,19,21,27H,4,7,10-15H2,(H,29,30,31,32)/t17-,19+,21?,25+/m1/s1. The number of carbonyl (C=O) groups is 1. The number of hydrogen-bond acceptors (Lipinski definition) is 6. The van der Waals surface area contributed by atoms with E-state index in [1.54, 1.807) is 0 Å². The van der Waals surface area contributed by atoms with Gasteiger partial charge in [0.05, 0.1) is 12.0 Å². The van der Waals surface area contributed by atoms with Gasteiger partial charge in [0.2, 0.25) is 5.91 Å². The van der Waals surface area contributed by atoms with Crippen LogP contribution in [0.25, 0.3) is 0 Å². The molecule has 1 unspecified atom stereocenters. The number of aromatic amines is 1. The van der Waals surface area contributed by atoms with Crippen LogP contribution in [0.1, 0.15) is 60.3 Å². The van der Waals surface area contributed by atoms with Crippen molar-refractivity contribution in [2.24, 2.45) is 5.92 Å². The minimum Gasteiger partial charge on any atom is -0.332 e. The van der Waals surface area contributed by atoms with Gasteiger partial charge in [-0.3, -0.25) is 4.79 Å². The minimum atomic E-state index is -0.250. The lowest BCUT2D eigenvalue weighted by Gasteiger charge is -2.44. The highest BCUT2D eigenvalue weighted by Gasteiger charge is 2.52. The Hall–Kier alpha value is -2.84. The fourth-order valence-electron chi connectivity index (χ4n) is 6.46. The average molecular weight is 478 g/mol. The van der Waals surface area contributed by atoms with Crippen LogP contribution in [0.4, 0.5) is 0 Å². The summed E-state index contributed by atoms with van der Waals surface area (Å²) in [6.45, 7) is 2.13. The van der Waals surface area contributed by atoms with E-state index in [2.05, 4.69) is 61.3 Å². The number of carbonyl (C=O) groups excluding carboxylic acids is 1. The second-order valence-electron chi connectivity index (χ2n) is 9.77. The third kappa shape index (κ3) is 3.60. The molecular weight excluding hydrogens is 450 g/mol. The lowest BCUT2D eigenvalue weighted by atomic mass is 9.65. The van der Waals surface area contributed by atoms with E-state index < -0.39 is 0 Å². The fraction of sp³-hybridized carbons (Fsp3) is 0.480. The molecule has 0 bridgehead atoms. The number of fused-ring (bicyclic) bond motifs is 2. The second kappa shape index (κ2) is 8.74. The molecule has 34 heavy (non-hydrogen) atoms. The van der Waals surface area contributed by atoms with Crippen molar-refractivity contribution >= 4 is 17.5 Å². The first kappa shape index (κ1) is 21.7. The van der Waals surface area contributed by atoms with Gasteiger partial charge < -0.3 is 10.2 Å². The number of nitrogens with zero attached hydrogens (tertiary/aromatic N) is 5. The largest absolute Gasteiger partial charge is 0.332 e. The molecule has 0 saturated carbocycles. The van der Waals surface area contributed by atoms with E-state index in [0.29, 0.717) is 30.0 Å². The summed E-state index contributed by atoms with van der Waals surface area (Å²) in [5.74, 6) is 0.962. The van der Waals surface area contributed by atoms with E-state index in [-0.39, 0.29) is 23.3 Å². The molecule has 2 aliphatic heterocycles. The van der Waals surface area contributed by atoms with Crippen LogP contribution in [0.3, 0.4) is 0 Å². The van der Waals surface area contributed by atoms with Gasteiger partial charge in [-0.05, 0) is 55.2 Å². The Morgan fingerprint density at radius 2 is 2.06 bits per heavy atom. The van der Waals surface area contributed by atoms with Crippen LogP contribution in [-0.2, 0) is 16.6 Å². The molecule has 2 N–H and O–H groups in total. The summed E-state index contributed by atoms with van der Waals surface area (Å²) in [6, 6.07) is 14.3. The Balaban J connectivity index is 1.33. The van der Waals surface area contributed by atoms with Crippen molar-refractivity contribution in [3.63, 3.8) is 0 Å². The number of piperidine rings is 1. The highest BCUT2D eigenvalue weighted by atomic mass is 35.5. The zero-order valence-corrected chi connectivity index (χ0v) is 19.7. The summed E-state index contributed by atoms with van der Waals surface area (Å²) < 4.78 is 0. The number of aryl methyl sites for hydroxylation is 1. The van der Waals surface area contributed by atoms with Crippen molar-refractivity contribution in [1.82, 2.24) is 35.8 Å². The summed E-state index contributed by atoms with van der Waals surface area (Å²) in [5, 5.41) is 19.0. The number of benzene rings is 1. The maximum atomic E-state index is 14.3. The third-order valence-corrected chi connectivity index (χ3v) is 8.29. The van der Waals surface area contributed by atoms with Gasteiger partial charge in [-0.2, -0.15) is 5.21 Å². The van der Waals surface area contributed by atoms with Crippen LogP contribution < -0.4 is 5.32 Å². The molecule has 0 radical (unpaired) electrons. The normalized spacial score (nSPS) is 28.7. The van der Waals surface area contributed by atoms with Crippen LogP contribution in [0.15, 0.2) is 42.5 Å². The van der Waals surface area contributed by atoms with Crippen molar-refractivity contribution in [3.8, 4) is 0 Å². The first-order valence-corrected chi connectivity index (χ1v) is 12.5. The molecule has 4 atom stereocenters. The maximum absolute atomic E-state index is 14.3. The highest BCUT2D eigenvalue weighted by molar-refractivity contribution is 6.29. The molecule has 2 fully saturated rings. The first-order chi connectivity index (χ1) is 16.7. The van der Waals surface area contributed by atoms with Gasteiger partial charge in [0.25, 0.3) is 0 Å². The van der Waals surface area contributed by atoms with Crippen LogP contribution in [0.2, 0.25) is 5.15 Å². The summed E-state index contributed by atoms with van der Waals surface area (Å²) in [5.41, 5.74) is 3.27. The number of amides is 1. The second-order valence-corrected chi connectivity index (χ2v) is 10.2. The van der Waals surface area contributed by atoms with Crippen molar-refractivity contribution < 1.29 is 4.79 Å². The van der Waals surface area contributed by atoms with E-state index in [0.717, 1.165) is 44.3 Å². The first-order valence-electron chi connectivity index (χ1n) is 12.1. The smallest absolute Gasteiger partial charge is 0.228 e. The Morgan fingerprint density at radius 1 is 1.18 bits per heavy atom. The minimum absolute atomic E-state index is 0.155. The zero-order valence-electron chi connectivity index (χ0n) is 19.0. The van der Waals surface area contributed by atoms with E-state index in [9.17, 15) is 4.79 Å². The monoisotopic (exact) mass is 477 g/mol. The van der Waals surface area contributed by atoms with Crippen LogP contribution >= 0.6 is 11.6 Å². The number of halogens is 1. The van der Waals surface area contributed by atoms with Gasteiger partial charge in [0.15, 0.2) is 5.82 Å². The molecule has 1 amide bonds. The molecule has 1 spiro atoms. The molecule has 1 aromatic carbocycles. The Bertz CT molecular complexity index is 1170. The molecule has 4 heterocycles. The maximum Gasteiger partial charge on any atom is 0.228 e. The summed E-state index contributed by atoms with van der Waals surface area (Å²) in [4.78, 5) is 20.9. The molecular formula is C25H28ClN7O. The number of hydrogen-bond donors (Lipinski definition) is 2. The molecule has 2 aromatic heterocycles. The lowest BCUT2D eigenvalue weighted by molar-refractivity contribution is -0.141. The third-order valence-electron chi connectivity index (χ3n) is 8.08. The van der Waals surface area contributed by atoms with E-state index in [1.165, 1.54) is 11.1 Å². The predicted octanol–water partition coefficient (Wildman–Crippen LogP) is 3.19. The van der Waals surface area contributed by atoms with Gasteiger partial charge >= 0.3 is 0 Å². The molecule has 1 aliphatic carbocycles. The van der Waals surface area contributed by atoms with Crippen LogP contribution in [0, 0.1) is 5.92 Å². The van der Waals surface area contributed by atoms with Gasteiger partial charge in [-0.15, -0.1) is 10.2 Å². The van der Waals surface area contributed by atoms with Gasteiger partial charge in [0, 0.05) is 30.7 Å². The number of H-pyrrole nitrogens is 1. The topological polar surface area (TPSA) is 99.7 Å². The number of pyridine rings is 1. The molecule has 176 valence electrons. The van der Waals surface area contributed by atoms with Crippen molar-refractivity contribution in [2.45, 2.75) is 49.5 Å². The molecule has 8 nitrogen and oxygen atoms in total. The van der Waals surface area contributed by atoms with E-state index in [4.69, 9.17) is 11.6 Å². The van der Waals surface area contributed by atoms with Crippen LogP contribution in [-0.4, -0.2) is 56.0 Å². The van der Waals surface area contributed by atoms with Gasteiger partial charge in [0.1, 0.15) is 5.15 Å². The predicted molar refractivity (Wildman–Crippen MR) is 127 cm³/mol. The van der Waals surface area contributed by atoms with Crippen molar-refractivity contribution in [3.05, 3.63) is 70.3 Å². The number of aromatic nitrogens is 5. The summed E-state index contributed by atoms with van der Waals surface area (Å²) in [6.07, 6.45) is 4.60. The summed E-state index contributed by atoms with van der Waals surface area (Å²) in [7, 11) is 0. The quantitative estimate of drug-likeness (QED) is 0.562. The van der Waals surface area contributed by atoms with Crippen molar-refractivity contribution in [1.29, 1.82) is 0 Å². The highest BCUT2D eigenvalue weighted by Crippen LogP contribution is 2.47. The molecule has 2 saturated heterocycles. The zero-order chi connectivity index (χ0) is 23.1. The van der Waals surface area contributed by atoms with E-state index in [1.807, 2.05) is 17.0 Å². The Morgan fingerprint density at radius 3 is 2.88 bits per heavy atom. The SMILES string of the molecule is O=C([C@@H]1CNC[C@]12CCCc1nc(Cl)ccc12)N1CC[C@@H](c2ccccc2)CC1c1nn[nH]n1. The molecule has 3 aromatic rings. The number of likely N-dealkylation sites (tertiary alicyclic amines) is 1. The molecule has 9 heteroatoms. The fourth-order valence-corrected chi connectivity index (χ4v) is 6.63. The summed E-state index contributed by atoms with van der Waals surface area (Å²) >= 11 is 6.21. The molecule has 6 rings (SSSR count). The van der Waals surface area contributed by atoms with Crippen LogP contribution in [0.5, 0.6) is 0 Å². The Kier molecular flexibility index (Phi) is 5.57. The number of tetrazole rings is 1.